The van der Waals surface area contributed by atoms with Gasteiger partial charge < -0.3 is 14.7 Å². The number of hydrogen-bond donors (Lipinski definition) is 1. The molecule has 2 atom stereocenters. The summed E-state index contributed by atoms with van der Waals surface area (Å²) >= 11 is 0. The number of hydrogen-bond acceptors (Lipinski definition) is 4. The highest BCUT2D eigenvalue weighted by atomic mass is 19.1. The van der Waals surface area contributed by atoms with Gasteiger partial charge in [-0.15, -0.1) is 0 Å². The van der Waals surface area contributed by atoms with E-state index in [4.69, 9.17) is 4.74 Å². The number of carbonyl (C=O) groups is 1. The van der Waals surface area contributed by atoms with Crippen LogP contribution in [-0.2, 0) is 6.61 Å². The Morgan fingerprint density at radius 2 is 2.08 bits per heavy atom. The van der Waals surface area contributed by atoms with Crippen molar-refractivity contribution in [3.05, 3.63) is 59.8 Å². The number of alkyl halides is 1. The smallest absolute Gasteiger partial charge is 0.255 e. The number of pyridine rings is 1. The van der Waals surface area contributed by atoms with Crippen LogP contribution >= 0.6 is 0 Å². The number of rotatable bonds is 5. The van der Waals surface area contributed by atoms with Gasteiger partial charge in [-0.3, -0.25) is 4.79 Å². The van der Waals surface area contributed by atoms with Crippen molar-refractivity contribution in [1.29, 1.82) is 0 Å². The molecule has 1 aliphatic rings. The van der Waals surface area contributed by atoms with E-state index in [0.717, 1.165) is 5.56 Å². The maximum Gasteiger partial charge on any atom is 0.255 e. The van der Waals surface area contributed by atoms with Crippen molar-refractivity contribution >= 4 is 5.91 Å². The first kappa shape index (κ1) is 16.4. The molecule has 0 radical (unpaired) electrons. The van der Waals surface area contributed by atoms with Gasteiger partial charge in [0.15, 0.2) is 0 Å². The van der Waals surface area contributed by atoms with Crippen LogP contribution in [-0.4, -0.2) is 46.3 Å². The average Bonchev–Trinajstić information content (AvgIpc) is 3.01. The van der Waals surface area contributed by atoms with Crippen LogP contribution in [0.2, 0.25) is 0 Å². The number of aliphatic hydroxyl groups is 1. The highest BCUT2D eigenvalue weighted by molar-refractivity contribution is 5.94. The van der Waals surface area contributed by atoms with Gasteiger partial charge in [0, 0.05) is 18.7 Å². The van der Waals surface area contributed by atoms with Crippen molar-refractivity contribution < 1.29 is 19.0 Å². The molecule has 2 heterocycles. The molecule has 0 aliphatic carbocycles. The summed E-state index contributed by atoms with van der Waals surface area (Å²) in [7, 11) is 0. The molecule has 3 rings (SSSR count). The van der Waals surface area contributed by atoms with E-state index < -0.39 is 12.2 Å². The summed E-state index contributed by atoms with van der Waals surface area (Å²) in [6, 6.07) is 12.5. The molecule has 0 saturated carbocycles. The quantitative estimate of drug-likeness (QED) is 0.913. The van der Waals surface area contributed by atoms with Gasteiger partial charge in [-0.1, -0.05) is 30.3 Å². The number of likely N-dealkylation sites (tertiary alicyclic amines) is 1. The van der Waals surface area contributed by atoms with E-state index in [-0.39, 0.29) is 25.5 Å². The topological polar surface area (TPSA) is 62.7 Å². The zero-order valence-electron chi connectivity index (χ0n) is 13.1. The highest BCUT2D eigenvalue weighted by Gasteiger charge is 2.35. The van der Waals surface area contributed by atoms with Gasteiger partial charge in [0.25, 0.3) is 5.91 Å². The molecular formula is C18H19FN2O3. The number of nitrogens with zero attached hydrogens (tertiary/aromatic N) is 2. The van der Waals surface area contributed by atoms with Crippen LogP contribution in [0.5, 0.6) is 5.88 Å². The number of aromatic nitrogens is 1. The van der Waals surface area contributed by atoms with Crippen LogP contribution in [0.15, 0.2) is 48.7 Å². The molecule has 0 spiro atoms. The lowest BCUT2D eigenvalue weighted by atomic mass is 10.2. The van der Waals surface area contributed by atoms with Crippen molar-refractivity contribution in [2.75, 3.05) is 13.2 Å². The normalized spacial score (nSPS) is 20.2. The van der Waals surface area contributed by atoms with E-state index in [9.17, 15) is 14.3 Å². The predicted octanol–water partition coefficient (Wildman–Crippen LogP) is 2.21. The van der Waals surface area contributed by atoms with E-state index in [1.54, 1.807) is 12.1 Å². The van der Waals surface area contributed by atoms with Crippen LogP contribution in [0.4, 0.5) is 4.39 Å². The summed E-state index contributed by atoms with van der Waals surface area (Å²) in [5, 5.41) is 9.28. The minimum absolute atomic E-state index is 0.0102. The molecule has 1 amide bonds. The lowest BCUT2D eigenvalue weighted by molar-refractivity contribution is 0.0672. The predicted molar refractivity (Wildman–Crippen MR) is 86.4 cm³/mol. The van der Waals surface area contributed by atoms with Crippen LogP contribution in [0.3, 0.4) is 0 Å². The van der Waals surface area contributed by atoms with Crippen molar-refractivity contribution in [2.24, 2.45) is 0 Å². The fourth-order valence-electron chi connectivity index (χ4n) is 2.77. The van der Waals surface area contributed by atoms with Crippen LogP contribution in [0, 0.1) is 0 Å². The number of carbonyl (C=O) groups excluding carboxylic acids is 1. The molecule has 6 heteroatoms. The Labute approximate surface area is 139 Å². The minimum atomic E-state index is -1.09. The Morgan fingerprint density at radius 1 is 1.29 bits per heavy atom. The molecule has 2 aromatic rings. The molecule has 1 aromatic carbocycles. The van der Waals surface area contributed by atoms with Crippen LogP contribution < -0.4 is 4.74 Å². The molecule has 1 aromatic heterocycles. The fourth-order valence-corrected chi connectivity index (χ4v) is 2.77. The molecule has 126 valence electrons. The van der Waals surface area contributed by atoms with Gasteiger partial charge in [0.05, 0.1) is 24.8 Å². The Hall–Kier alpha value is -2.47. The zero-order valence-corrected chi connectivity index (χ0v) is 13.1. The van der Waals surface area contributed by atoms with Gasteiger partial charge >= 0.3 is 0 Å². The number of benzene rings is 1. The standard InChI is InChI=1S/C18H19FN2O3/c19-15-8-16(11-22)21(10-15)18(23)14-6-7-17(20-9-14)24-12-13-4-2-1-3-5-13/h1-7,9,15-16,22H,8,10-12H2/t15-,16-/m0/s1. The molecule has 5 nitrogen and oxygen atoms in total. The van der Waals surface area contributed by atoms with Gasteiger partial charge in [0.1, 0.15) is 12.8 Å². The summed E-state index contributed by atoms with van der Waals surface area (Å²) < 4.78 is 19.0. The molecule has 0 unspecified atom stereocenters. The number of amides is 1. The fraction of sp³-hybridized carbons (Fsp3) is 0.333. The maximum absolute atomic E-state index is 13.5. The Kier molecular flexibility index (Phi) is 5.05. The molecule has 24 heavy (non-hydrogen) atoms. The second-order valence-electron chi connectivity index (χ2n) is 5.79. The summed E-state index contributed by atoms with van der Waals surface area (Å²) in [4.78, 5) is 17.9. The van der Waals surface area contributed by atoms with Crippen molar-refractivity contribution in [3.63, 3.8) is 0 Å². The first-order chi connectivity index (χ1) is 11.7. The largest absolute Gasteiger partial charge is 0.473 e. The van der Waals surface area contributed by atoms with Crippen molar-refractivity contribution in [1.82, 2.24) is 9.88 Å². The van der Waals surface area contributed by atoms with E-state index in [0.29, 0.717) is 18.1 Å². The van der Waals surface area contributed by atoms with Crippen molar-refractivity contribution in [3.8, 4) is 5.88 Å². The van der Waals surface area contributed by atoms with Crippen molar-refractivity contribution in [2.45, 2.75) is 25.2 Å². The molecule has 0 bridgehead atoms. The third-order valence-corrected chi connectivity index (χ3v) is 4.05. The summed E-state index contributed by atoms with van der Waals surface area (Å²) in [6.45, 7) is 0.164. The van der Waals surface area contributed by atoms with E-state index in [1.165, 1.54) is 11.1 Å². The lowest BCUT2D eigenvalue weighted by Gasteiger charge is -2.22. The second kappa shape index (κ2) is 7.40. The van der Waals surface area contributed by atoms with Gasteiger partial charge in [-0.05, 0) is 11.6 Å². The minimum Gasteiger partial charge on any atom is -0.473 e. The van der Waals surface area contributed by atoms with E-state index in [1.807, 2.05) is 30.3 Å². The molecule has 1 N–H and O–H groups in total. The van der Waals surface area contributed by atoms with E-state index >= 15 is 0 Å². The van der Waals surface area contributed by atoms with Crippen LogP contribution in [0.25, 0.3) is 0 Å². The van der Waals surface area contributed by atoms with E-state index in [2.05, 4.69) is 4.98 Å². The second-order valence-corrected chi connectivity index (χ2v) is 5.79. The number of halogens is 1. The molecule has 1 saturated heterocycles. The summed E-state index contributed by atoms with van der Waals surface area (Å²) in [5.74, 6) is 0.0928. The number of aliphatic hydroxyl groups excluding tert-OH is 1. The van der Waals surface area contributed by atoms with Gasteiger partial charge in [-0.25, -0.2) is 9.37 Å². The Bertz CT molecular complexity index is 678. The summed E-state index contributed by atoms with van der Waals surface area (Å²) in [6.07, 6.45) is 0.504. The monoisotopic (exact) mass is 330 g/mol. The molecular weight excluding hydrogens is 311 g/mol. The highest BCUT2D eigenvalue weighted by Crippen LogP contribution is 2.22. The lowest BCUT2D eigenvalue weighted by Crippen LogP contribution is -2.37. The first-order valence-corrected chi connectivity index (χ1v) is 7.86. The first-order valence-electron chi connectivity index (χ1n) is 7.86. The molecule has 1 fully saturated rings. The SMILES string of the molecule is O=C(c1ccc(OCc2ccccc2)nc1)N1C[C@@H](F)C[C@H]1CO. The van der Waals surface area contributed by atoms with Gasteiger partial charge in [0.2, 0.25) is 5.88 Å². The third-order valence-electron chi connectivity index (χ3n) is 4.05. The Balaban J connectivity index is 1.62. The van der Waals surface area contributed by atoms with Crippen LogP contribution in [0.1, 0.15) is 22.3 Å². The Morgan fingerprint density at radius 3 is 2.75 bits per heavy atom. The third kappa shape index (κ3) is 3.71. The van der Waals surface area contributed by atoms with Gasteiger partial charge in [-0.2, -0.15) is 0 Å². The molecule has 1 aliphatic heterocycles. The average molecular weight is 330 g/mol. The summed E-state index contributed by atoms with van der Waals surface area (Å²) in [5.41, 5.74) is 1.38. The zero-order chi connectivity index (χ0) is 16.9. The number of ether oxygens (including phenoxy) is 1. The maximum atomic E-state index is 13.5.